The first kappa shape index (κ1) is 10.9. The summed E-state index contributed by atoms with van der Waals surface area (Å²) in [7, 11) is 1.66. The Labute approximate surface area is 104 Å². The van der Waals surface area contributed by atoms with E-state index in [0.717, 1.165) is 29.6 Å². The van der Waals surface area contributed by atoms with Gasteiger partial charge in [-0.05, 0) is 36.0 Å². The van der Waals surface area contributed by atoms with Crippen LogP contribution >= 0.6 is 11.8 Å². The number of rotatable bonds is 3. The molecular formula is C12H15N3OS. The summed E-state index contributed by atoms with van der Waals surface area (Å²) >= 11 is 2.03. The van der Waals surface area contributed by atoms with Crippen LogP contribution in [0.15, 0.2) is 18.3 Å². The molecule has 0 aromatic carbocycles. The van der Waals surface area contributed by atoms with Gasteiger partial charge in [-0.15, -0.1) is 0 Å². The average molecular weight is 249 g/mol. The van der Waals surface area contributed by atoms with Crippen LogP contribution in [0.4, 0.5) is 0 Å². The fraction of sp³-hybridized carbons (Fsp3) is 0.500. The fourth-order valence-electron chi connectivity index (χ4n) is 2.17. The highest BCUT2D eigenvalue weighted by Crippen LogP contribution is 2.26. The van der Waals surface area contributed by atoms with Gasteiger partial charge in [0, 0.05) is 12.6 Å². The van der Waals surface area contributed by atoms with Crippen LogP contribution < -0.4 is 4.74 Å². The van der Waals surface area contributed by atoms with Crippen LogP contribution in [0.25, 0.3) is 5.65 Å². The molecule has 90 valence electrons. The third-order valence-electron chi connectivity index (χ3n) is 3.09. The van der Waals surface area contributed by atoms with Crippen molar-refractivity contribution >= 4 is 17.4 Å². The molecule has 1 atom stereocenters. The first-order chi connectivity index (χ1) is 8.36. The largest absolute Gasteiger partial charge is 0.493 e. The number of thioether (sulfide) groups is 1. The molecular weight excluding hydrogens is 234 g/mol. The number of hydrogen-bond acceptors (Lipinski definition) is 4. The van der Waals surface area contributed by atoms with Crippen molar-refractivity contribution in [2.75, 3.05) is 18.6 Å². The number of hydrogen-bond donors (Lipinski definition) is 0. The molecule has 1 saturated heterocycles. The molecule has 0 amide bonds. The fourth-order valence-corrected chi connectivity index (χ4v) is 3.46. The lowest BCUT2D eigenvalue weighted by Crippen LogP contribution is -2.04. The summed E-state index contributed by atoms with van der Waals surface area (Å²) in [5.74, 6) is 4.98. The van der Waals surface area contributed by atoms with E-state index in [1.54, 1.807) is 11.6 Å². The first-order valence-corrected chi connectivity index (χ1v) is 6.98. The Bertz CT molecular complexity index is 519. The van der Waals surface area contributed by atoms with Crippen molar-refractivity contribution in [1.29, 1.82) is 0 Å². The summed E-state index contributed by atoms with van der Waals surface area (Å²) in [5, 5.41) is 4.50. The Morgan fingerprint density at radius 2 is 2.53 bits per heavy atom. The summed E-state index contributed by atoms with van der Waals surface area (Å²) in [5.41, 5.74) is 0.815. The molecule has 3 rings (SSSR count). The Morgan fingerprint density at radius 3 is 3.29 bits per heavy atom. The average Bonchev–Trinajstić information content (AvgIpc) is 2.97. The summed E-state index contributed by atoms with van der Waals surface area (Å²) in [6.07, 6.45) is 4.19. The summed E-state index contributed by atoms with van der Waals surface area (Å²) < 4.78 is 7.09. The second-order valence-corrected chi connectivity index (χ2v) is 5.46. The normalized spacial score (nSPS) is 19.9. The van der Waals surface area contributed by atoms with E-state index in [0.29, 0.717) is 0 Å². The second-order valence-electron chi connectivity index (χ2n) is 4.31. The van der Waals surface area contributed by atoms with Gasteiger partial charge in [0.05, 0.1) is 7.11 Å². The quantitative estimate of drug-likeness (QED) is 0.834. The summed E-state index contributed by atoms with van der Waals surface area (Å²) in [6.45, 7) is 0. The summed E-state index contributed by atoms with van der Waals surface area (Å²) in [4.78, 5) is 4.56. The van der Waals surface area contributed by atoms with Gasteiger partial charge >= 0.3 is 0 Å². The monoisotopic (exact) mass is 249 g/mol. The number of ether oxygens (including phenoxy) is 1. The molecule has 1 fully saturated rings. The van der Waals surface area contributed by atoms with E-state index in [9.17, 15) is 0 Å². The van der Waals surface area contributed by atoms with Crippen LogP contribution in [0.2, 0.25) is 0 Å². The van der Waals surface area contributed by atoms with Gasteiger partial charge in [-0.2, -0.15) is 16.9 Å². The minimum atomic E-state index is 0.739. The smallest absolute Gasteiger partial charge is 0.198 e. The molecule has 2 aromatic heterocycles. The van der Waals surface area contributed by atoms with Crippen molar-refractivity contribution < 1.29 is 4.74 Å². The zero-order valence-electron chi connectivity index (χ0n) is 9.80. The van der Waals surface area contributed by atoms with Crippen LogP contribution in [-0.2, 0) is 6.42 Å². The topological polar surface area (TPSA) is 39.4 Å². The van der Waals surface area contributed by atoms with Crippen molar-refractivity contribution in [1.82, 2.24) is 14.6 Å². The lowest BCUT2D eigenvalue weighted by molar-refractivity contribution is 0.416. The first-order valence-electron chi connectivity index (χ1n) is 5.83. The van der Waals surface area contributed by atoms with Gasteiger partial charge in [-0.25, -0.2) is 9.50 Å². The van der Waals surface area contributed by atoms with Gasteiger partial charge in [0.25, 0.3) is 0 Å². The maximum atomic E-state index is 5.28. The highest BCUT2D eigenvalue weighted by molar-refractivity contribution is 7.99. The van der Waals surface area contributed by atoms with E-state index in [4.69, 9.17) is 4.74 Å². The molecule has 0 radical (unpaired) electrons. The van der Waals surface area contributed by atoms with Crippen LogP contribution in [-0.4, -0.2) is 33.2 Å². The Morgan fingerprint density at radius 1 is 1.59 bits per heavy atom. The number of fused-ring (bicyclic) bond motifs is 1. The van der Waals surface area contributed by atoms with E-state index in [-0.39, 0.29) is 0 Å². The zero-order chi connectivity index (χ0) is 11.7. The lowest BCUT2D eigenvalue weighted by Gasteiger charge is -2.02. The van der Waals surface area contributed by atoms with Crippen molar-refractivity contribution in [2.45, 2.75) is 12.8 Å². The van der Waals surface area contributed by atoms with Crippen molar-refractivity contribution in [3.05, 3.63) is 24.2 Å². The molecule has 0 aliphatic carbocycles. The van der Waals surface area contributed by atoms with Crippen LogP contribution in [0.1, 0.15) is 12.2 Å². The molecule has 5 heteroatoms. The number of pyridine rings is 1. The van der Waals surface area contributed by atoms with E-state index >= 15 is 0 Å². The third kappa shape index (κ3) is 2.11. The van der Waals surface area contributed by atoms with Crippen LogP contribution in [0.5, 0.6) is 5.75 Å². The highest BCUT2D eigenvalue weighted by atomic mass is 32.2. The van der Waals surface area contributed by atoms with Crippen molar-refractivity contribution in [3.63, 3.8) is 0 Å². The Balaban J connectivity index is 1.90. The molecule has 1 aliphatic rings. The minimum absolute atomic E-state index is 0.739. The van der Waals surface area contributed by atoms with Gasteiger partial charge in [-0.1, -0.05) is 0 Å². The third-order valence-corrected chi connectivity index (χ3v) is 4.32. The maximum Gasteiger partial charge on any atom is 0.198 e. The minimum Gasteiger partial charge on any atom is -0.493 e. The van der Waals surface area contributed by atoms with Gasteiger partial charge in [0.15, 0.2) is 17.2 Å². The molecule has 1 unspecified atom stereocenters. The molecule has 0 spiro atoms. The maximum absolute atomic E-state index is 5.28. The number of methoxy groups -OCH3 is 1. The Hall–Kier alpha value is -1.23. The molecule has 3 heterocycles. The van der Waals surface area contributed by atoms with Crippen LogP contribution in [0.3, 0.4) is 0 Å². The molecule has 2 aromatic rings. The number of nitrogens with zero attached hydrogens (tertiary/aromatic N) is 3. The molecule has 0 bridgehead atoms. The van der Waals surface area contributed by atoms with Crippen molar-refractivity contribution in [2.24, 2.45) is 5.92 Å². The predicted octanol–water partition coefficient (Wildman–Crippen LogP) is 2.03. The molecule has 0 saturated carbocycles. The lowest BCUT2D eigenvalue weighted by atomic mass is 10.1. The van der Waals surface area contributed by atoms with Crippen molar-refractivity contribution in [3.8, 4) is 5.75 Å². The van der Waals surface area contributed by atoms with E-state index in [1.165, 1.54) is 17.9 Å². The molecule has 1 aliphatic heterocycles. The van der Waals surface area contributed by atoms with Gasteiger partial charge in [0.1, 0.15) is 0 Å². The predicted molar refractivity (Wildman–Crippen MR) is 68.7 cm³/mol. The molecule has 17 heavy (non-hydrogen) atoms. The van der Waals surface area contributed by atoms with E-state index in [2.05, 4.69) is 10.1 Å². The Kier molecular flexibility index (Phi) is 2.93. The van der Waals surface area contributed by atoms with Gasteiger partial charge in [-0.3, -0.25) is 0 Å². The molecule has 0 N–H and O–H groups in total. The standard InChI is InChI=1S/C12H15N3OS/c1-16-10-3-2-5-15-12(10)13-11(14-15)7-9-4-6-17-8-9/h2-3,5,9H,4,6-8H2,1H3. The SMILES string of the molecule is COc1cccn2nc(CC3CCSC3)nc12. The number of aromatic nitrogens is 3. The second kappa shape index (κ2) is 4.56. The highest BCUT2D eigenvalue weighted by Gasteiger charge is 2.18. The van der Waals surface area contributed by atoms with Crippen LogP contribution in [0, 0.1) is 5.92 Å². The van der Waals surface area contributed by atoms with E-state index in [1.807, 2.05) is 30.1 Å². The van der Waals surface area contributed by atoms with Gasteiger partial charge in [0.2, 0.25) is 0 Å². The zero-order valence-corrected chi connectivity index (χ0v) is 10.6. The summed E-state index contributed by atoms with van der Waals surface area (Å²) in [6, 6.07) is 3.84. The van der Waals surface area contributed by atoms with Gasteiger partial charge < -0.3 is 4.74 Å². The molecule has 4 nitrogen and oxygen atoms in total. The van der Waals surface area contributed by atoms with E-state index < -0.39 is 0 Å².